The van der Waals surface area contributed by atoms with Crippen molar-refractivity contribution in [3.05, 3.63) is 0 Å². The smallest absolute Gasteiger partial charge is 0.0104 e. The molecular formula is C10H21O2S-. The Kier molecular flexibility index (Phi) is 8.77. The highest BCUT2D eigenvalue weighted by molar-refractivity contribution is 7.79. The zero-order chi connectivity index (χ0) is 10.1. The first-order valence-electron chi connectivity index (χ1n) is 5.22. The predicted molar refractivity (Wildman–Crippen MR) is 56.3 cm³/mol. The lowest BCUT2D eigenvalue weighted by molar-refractivity contribution is 0.468. The van der Waals surface area contributed by atoms with Crippen LogP contribution in [-0.4, -0.2) is 14.5 Å². The lowest BCUT2D eigenvalue weighted by atomic mass is 10.0. The second-order valence-corrected chi connectivity index (χ2v) is 4.77. The summed E-state index contributed by atoms with van der Waals surface area (Å²) in [6.45, 7) is 4.34. The van der Waals surface area contributed by atoms with E-state index in [0.717, 1.165) is 6.42 Å². The Morgan fingerprint density at radius 2 is 1.92 bits per heavy atom. The molecule has 13 heavy (non-hydrogen) atoms. The summed E-state index contributed by atoms with van der Waals surface area (Å²) in [7, 11) is 0. The van der Waals surface area contributed by atoms with Gasteiger partial charge < -0.3 is 4.55 Å². The number of rotatable bonds is 8. The molecule has 0 spiro atoms. The molecular weight excluding hydrogens is 184 g/mol. The molecule has 0 bridgehead atoms. The van der Waals surface area contributed by atoms with Gasteiger partial charge in [0.15, 0.2) is 0 Å². The third-order valence-corrected chi connectivity index (χ3v) is 2.90. The van der Waals surface area contributed by atoms with E-state index in [2.05, 4.69) is 13.8 Å². The highest BCUT2D eigenvalue weighted by atomic mass is 32.2. The molecule has 0 saturated carbocycles. The molecule has 0 aromatic heterocycles. The molecule has 0 rings (SSSR count). The van der Waals surface area contributed by atoms with Gasteiger partial charge in [-0.1, -0.05) is 57.0 Å². The highest BCUT2D eigenvalue weighted by Crippen LogP contribution is 2.13. The van der Waals surface area contributed by atoms with Gasteiger partial charge in [0.05, 0.1) is 0 Å². The van der Waals surface area contributed by atoms with E-state index in [0.29, 0.717) is 11.7 Å². The molecule has 0 aliphatic carbocycles. The fraction of sp³-hybridized carbons (Fsp3) is 1.00. The molecule has 2 atom stereocenters. The maximum atomic E-state index is 10.3. The van der Waals surface area contributed by atoms with Gasteiger partial charge in [-0.25, -0.2) is 0 Å². The largest absolute Gasteiger partial charge is 0.772 e. The third-order valence-electron chi connectivity index (χ3n) is 2.33. The third kappa shape index (κ3) is 10.0. The highest BCUT2D eigenvalue weighted by Gasteiger charge is 2.01. The van der Waals surface area contributed by atoms with E-state index in [4.69, 9.17) is 0 Å². The maximum absolute atomic E-state index is 10.3. The van der Waals surface area contributed by atoms with Gasteiger partial charge in [0, 0.05) is 5.75 Å². The van der Waals surface area contributed by atoms with Crippen molar-refractivity contribution < 1.29 is 8.76 Å². The molecule has 0 aliphatic rings. The summed E-state index contributed by atoms with van der Waals surface area (Å²) in [6.07, 6.45) is 7.11. The minimum atomic E-state index is -1.85. The Bertz CT molecular complexity index is 137. The van der Waals surface area contributed by atoms with Crippen molar-refractivity contribution in [1.82, 2.24) is 0 Å². The van der Waals surface area contributed by atoms with Crippen molar-refractivity contribution >= 4 is 11.1 Å². The van der Waals surface area contributed by atoms with Gasteiger partial charge in [0.25, 0.3) is 0 Å². The number of unbranched alkanes of at least 4 members (excludes halogenated alkanes) is 3. The average molecular weight is 205 g/mol. The van der Waals surface area contributed by atoms with E-state index >= 15 is 0 Å². The van der Waals surface area contributed by atoms with Crippen molar-refractivity contribution in [3.63, 3.8) is 0 Å². The lowest BCUT2D eigenvalue weighted by Gasteiger charge is -2.11. The van der Waals surface area contributed by atoms with Crippen LogP contribution >= 0.6 is 0 Å². The molecule has 2 nitrogen and oxygen atoms in total. The fourth-order valence-electron chi connectivity index (χ4n) is 1.36. The van der Waals surface area contributed by atoms with Crippen LogP contribution in [0, 0.1) is 5.92 Å². The first-order valence-corrected chi connectivity index (χ1v) is 6.47. The van der Waals surface area contributed by atoms with Crippen LogP contribution in [0.5, 0.6) is 0 Å². The topological polar surface area (TPSA) is 40.1 Å². The molecule has 0 N–H and O–H groups in total. The van der Waals surface area contributed by atoms with Crippen LogP contribution in [0.2, 0.25) is 0 Å². The molecule has 0 aromatic carbocycles. The summed E-state index contributed by atoms with van der Waals surface area (Å²) in [6, 6.07) is 0. The van der Waals surface area contributed by atoms with E-state index in [1.807, 2.05) is 0 Å². The normalized spacial score (nSPS) is 15.6. The summed E-state index contributed by atoms with van der Waals surface area (Å²) in [5.41, 5.74) is 0. The number of hydrogen-bond acceptors (Lipinski definition) is 2. The van der Waals surface area contributed by atoms with E-state index in [9.17, 15) is 8.76 Å². The molecule has 0 aromatic rings. The van der Waals surface area contributed by atoms with Gasteiger partial charge in [0.1, 0.15) is 0 Å². The first kappa shape index (κ1) is 13.1. The summed E-state index contributed by atoms with van der Waals surface area (Å²) in [5.74, 6) is 0.893. The van der Waals surface area contributed by atoms with Gasteiger partial charge in [-0.05, 0) is 12.3 Å². The van der Waals surface area contributed by atoms with Crippen LogP contribution in [0.15, 0.2) is 0 Å². The van der Waals surface area contributed by atoms with Gasteiger partial charge in [-0.15, -0.1) is 0 Å². The average Bonchev–Trinajstić information content (AvgIpc) is 2.09. The van der Waals surface area contributed by atoms with Crippen molar-refractivity contribution in [2.45, 2.75) is 52.4 Å². The van der Waals surface area contributed by atoms with Crippen molar-refractivity contribution in [2.24, 2.45) is 5.92 Å². The summed E-state index contributed by atoms with van der Waals surface area (Å²) in [4.78, 5) is 0. The zero-order valence-electron chi connectivity index (χ0n) is 8.75. The maximum Gasteiger partial charge on any atom is 0.0104 e. The Labute approximate surface area is 84.4 Å². The fourth-order valence-corrected chi connectivity index (χ4v) is 1.96. The summed E-state index contributed by atoms with van der Waals surface area (Å²) >= 11 is -1.85. The van der Waals surface area contributed by atoms with Crippen LogP contribution in [-0.2, 0) is 11.1 Å². The quantitative estimate of drug-likeness (QED) is 0.451. The van der Waals surface area contributed by atoms with Crippen molar-refractivity contribution in [3.8, 4) is 0 Å². The molecule has 3 heteroatoms. The van der Waals surface area contributed by atoms with E-state index in [1.54, 1.807) is 0 Å². The lowest BCUT2D eigenvalue weighted by Crippen LogP contribution is -2.02. The van der Waals surface area contributed by atoms with Gasteiger partial charge in [-0.2, -0.15) is 0 Å². The molecule has 0 fully saturated rings. The van der Waals surface area contributed by atoms with Crippen molar-refractivity contribution in [1.29, 1.82) is 0 Å². The minimum absolute atomic E-state index is 0.328. The zero-order valence-corrected chi connectivity index (χ0v) is 9.57. The van der Waals surface area contributed by atoms with E-state index < -0.39 is 11.1 Å². The molecule has 0 radical (unpaired) electrons. The Balaban J connectivity index is 3.19. The van der Waals surface area contributed by atoms with Crippen LogP contribution in [0.25, 0.3) is 0 Å². The SMILES string of the molecule is CCCCCCC(C)CCS(=O)[O-]. The van der Waals surface area contributed by atoms with Crippen LogP contribution in [0.1, 0.15) is 52.4 Å². The molecule has 80 valence electrons. The van der Waals surface area contributed by atoms with Crippen LogP contribution in [0.4, 0.5) is 0 Å². The first-order chi connectivity index (χ1) is 6.16. The Morgan fingerprint density at radius 1 is 1.23 bits per heavy atom. The van der Waals surface area contributed by atoms with Crippen molar-refractivity contribution in [2.75, 3.05) is 5.75 Å². The molecule has 2 unspecified atom stereocenters. The Morgan fingerprint density at radius 3 is 2.46 bits per heavy atom. The summed E-state index contributed by atoms with van der Waals surface area (Å²) < 4.78 is 20.6. The molecule has 0 saturated heterocycles. The number of hydrogen-bond donors (Lipinski definition) is 0. The minimum Gasteiger partial charge on any atom is -0.772 e. The second-order valence-electron chi connectivity index (χ2n) is 3.75. The van der Waals surface area contributed by atoms with Crippen LogP contribution in [0.3, 0.4) is 0 Å². The van der Waals surface area contributed by atoms with Gasteiger partial charge in [-0.3, -0.25) is 4.21 Å². The molecule has 0 aliphatic heterocycles. The van der Waals surface area contributed by atoms with E-state index in [-0.39, 0.29) is 0 Å². The standard InChI is InChI=1S/C10H22O2S/c1-3-4-5-6-7-10(2)8-9-13(11)12/h10H,3-9H2,1-2H3,(H,11,12)/p-1. The van der Waals surface area contributed by atoms with Gasteiger partial charge >= 0.3 is 0 Å². The summed E-state index contributed by atoms with van der Waals surface area (Å²) in [5, 5.41) is 0. The molecule has 0 heterocycles. The second kappa shape index (κ2) is 8.70. The van der Waals surface area contributed by atoms with E-state index in [1.165, 1.54) is 32.1 Å². The Hall–Kier alpha value is 0.110. The van der Waals surface area contributed by atoms with Crippen LogP contribution < -0.4 is 0 Å². The van der Waals surface area contributed by atoms with Gasteiger partial charge in [0.2, 0.25) is 0 Å². The molecule has 0 amide bonds. The predicted octanol–water partition coefficient (Wildman–Crippen LogP) is 2.86. The monoisotopic (exact) mass is 205 g/mol.